The zero-order valence-electron chi connectivity index (χ0n) is 13.3. The zero-order valence-corrected chi connectivity index (χ0v) is 13.3. The number of pyridine rings is 1. The molecule has 0 saturated carbocycles. The van der Waals surface area contributed by atoms with Crippen molar-refractivity contribution in [2.45, 2.75) is 38.6 Å². The van der Waals surface area contributed by atoms with Crippen LogP contribution in [0.25, 0.3) is 12.2 Å². The predicted molar refractivity (Wildman–Crippen MR) is 86.3 cm³/mol. The lowest BCUT2D eigenvalue weighted by molar-refractivity contribution is -0.132. The first kappa shape index (κ1) is 15.4. The molecule has 0 radical (unpaired) electrons. The zero-order chi connectivity index (χ0) is 16.2. The molecule has 2 atom stereocenters. The Morgan fingerprint density at radius 2 is 2.22 bits per heavy atom. The van der Waals surface area contributed by atoms with E-state index in [4.69, 9.17) is 4.42 Å². The summed E-state index contributed by atoms with van der Waals surface area (Å²) in [7, 11) is 0. The first-order valence-corrected chi connectivity index (χ1v) is 7.85. The van der Waals surface area contributed by atoms with E-state index in [1.165, 1.54) is 0 Å². The predicted octanol–water partition coefficient (Wildman–Crippen LogP) is 2.75. The van der Waals surface area contributed by atoms with Gasteiger partial charge in [-0.15, -0.1) is 10.2 Å². The largest absolute Gasteiger partial charge is 0.421 e. The number of rotatable bonds is 3. The van der Waals surface area contributed by atoms with Crippen LogP contribution in [0.15, 0.2) is 28.8 Å². The highest BCUT2D eigenvalue weighted by atomic mass is 16.4. The van der Waals surface area contributed by atoms with Gasteiger partial charge in [-0.1, -0.05) is 6.07 Å². The van der Waals surface area contributed by atoms with E-state index >= 15 is 0 Å². The maximum Gasteiger partial charge on any atom is 0.240 e. The second-order valence-corrected chi connectivity index (χ2v) is 5.77. The van der Waals surface area contributed by atoms with E-state index in [0.717, 1.165) is 25.1 Å². The lowest BCUT2D eigenvalue weighted by Gasteiger charge is -2.37. The van der Waals surface area contributed by atoms with Crippen LogP contribution in [0.2, 0.25) is 0 Å². The minimum atomic E-state index is 0.0781. The second-order valence-electron chi connectivity index (χ2n) is 5.77. The summed E-state index contributed by atoms with van der Waals surface area (Å²) < 4.78 is 5.77. The van der Waals surface area contributed by atoms with Gasteiger partial charge in [0.2, 0.25) is 17.7 Å². The molecule has 1 amide bonds. The van der Waals surface area contributed by atoms with Gasteiger partial charge in [0, 0.05) is 31.8 Å². The van der Waals surface area contributed by atoms with Crippen molar-refractivity contribution in [2.75, 3.05) is 6.54 Å². The van der Waals surface area contributed by atoms with Gasteiger partial charge < -0.3 is 9.32 Å². The number of carbonyl (C=O) groups excluding carboxylic acids is 1. The summed E-state index contributed by atoms with van der Waals surface area (Å²) in [5.41, 5.74) is 0.834. The van der Waals surface area contributed by atoms with E-state index < -0.39 is 0 Å². The molecule has 0 unspecified atom stereocenters. The average Bonchev–Trinajstić information content (AvgIpc) is 3.02. The molecular weight excluding hydrogens is 292 g/mol. The highest BCUT2D eigenvalue weighted by Gasteiger charge is 2.33. The molecule has 6 heteroatoms. The van der Waals surface area contributed by atoms with Gasteiger partial charge in [0.25, 0.3) is 0 Å². The molecule has 0 bridgehead atoms. The number of hydrogen-bond donors (Lipinski definition) is 0. The number of piperidine rings is 1. The fraction of sp³-hybridized carbons (Fsp3) is 0.412. The van der Waals surface area contributed by atoms with Gasteiger partial charge in [-0.25, -0.2) is 0 Å². The minimum absolute atomic E-state index is 0.0781. The molecule has 3 rings (SSSR count). The summed E-state index contributed by atoms with van der Waals surface area (Å²) in [4.78, 5) is 17.8. The monoisotopic (exact) mass is 312 g/mol. The summed E-state index contributed by atoms with van der Waals surface area (Å²) in [5.74, 6) is 1.25. The molecule has 1 aliphatic heterocycles. The van der Waals surface area contributed by atoms with Gasteiger partial charge in [0.1, 0.15) is 0 Å². The standard InChI is InChI=1S/C17H20N4O2/c1-12-15(7-5-11-21(12)13(2)22)17-20-19-16(23-17)9-8-14-6-3-4-10-18-14/h3-4,6,8-10,12,15H,5,7,11H2,1-2H3/b9-8+/t12-,15-/m0/s1. The van der Waals surface area contributed by atoms with Gasteiger partial charge in [-0.05, 0) is 38.0 Å². The van der Waals surface area contributed by atoms with Crippen molar-refractivity contribution in [3.8, 4) is 0 Å². The molecule has 0 aromatic carbocycles. The Morgan fingerprint density at radius 3 is 2.96 bits per heavy atom. The summed E-state index contributed by atoms with van der Waals surface area (Å²) >= 11 is 0. The molecular formula is C17H20N4O2. The number of nitrogens with zero attached hydrogens (tertiary/aromatic N) is 4. The first-order valence-electron chi connectivity index (χ1n) is 7.85. The molecule has 3 heterocycles. The van der Waals surface area contributed by atoms with Crippen LogP contribution in [-0.4, -0.2) is 38.6 Å². The Bertz CT molecular complexity index is 696. The Morgan fingerprint density at radius 1 is 1.35 bits per heavy atom. The van der Waals surface area contributed by atoms with Crippen LogP contribution in [0.3, 0.4) is 0 Å². The Kier molecular flexibility index (Phi) is 4.50. The molecule has 0 spiro atoms. The van der Waals surface area contributed by atoms with Crippen molar-refractivity contribution in [2.24, 2.45) is 0 Å². The molecule has 1 aliphatic rings. The van der Waals surface area contributed by atoms with E-state index in [9.17, 15) is 4.79 Å². The van der Waals surface area contributed by atoms with Crippen molar-refractivity contribution < 1.29 is 9.21 Å². The topological polar surface area (TPSA) is 72.1 Å². The minimum Gasteiger partial charge on any atom is -0.421 e. The van der Waals surface area contributed by atoms with Gasteiger partial charge in [-0.3, -0.25) is 9.78 Å². The Labute approximate surface area is 135 Å². The average molecular weight is 312 g/mol. The number of amides is 1. The molecule has 2 aromatic rings. The first-order chi connectivity index (χ1) is 11.1. The van der Waals surface area contributed by atoms with Crippen LogP contribution in [0, 0.1) is 0 Å². The highest BCUT2D eigenvalue weighted by molar-refractivity contribution is 5.73. The van der Waals surface area contributed by atoms with Crippen LogP contribution < -0.4 is 0 Å². The van der Waals surface area contributed by atoms with Gasteiger partial charge >= 0.3 is 0 Å². The van der Waals surface area contributed by atoms with Crippen molar-refractivity contribution in [3.63, 3.8) is 0 Å². The fourth-order valence-electron chi connectivity index (χ4n) is 3.01. The Balaban J connectivity index is 1.74. The molecule has 1 saturated heterocycles. The molecule has 2 aromatic heterocycles. The Hall–Kier alpha value is -2.50. The summed E-state index contributed by atoms with van der Waals surface area (Å²) in [6, 6.07) is 5.77. The van der Waals surface area contributed by atoms with Gasteiger partial charge in [0.05, 0.1) is 11.6 Å². The third-order valence-corrected chi connectivity index (χ3v) is 4.25. The van der Waals surface area contributed by atoms with Crippen LogP contribution in [0.4, 0.5) is 0 Å². The maximum absolute atomic E-state index is 11.7. The summed E-state index contributed by atoms with van der Waals surface area (Å²) in [6.45, 7) is 4.44. The lowest BCUT2D eigenvalue weighted by Crippen LogP contribution is -2.44. The van der Waals surface area contributed by atoms with Crippen LogP contribution >= 0.6 is 0 Å². The van der Waals surface area contributed by atoms with E-state index in [1.54, 1.807) is 19.2 Å². The number of aromatic nitrogens is 3. The number of carbonyl (C=O) groups is 1. The van der Waals surface area contributed by atoms with E-state index in [1.807, 2.05) is 36.1 Å². The summed E-state index contributed by atoms with van der Waals surface area (Å²) in [6.07, 6.45) is 7.24. The van der Waals surface area contributed by atoms with Crippen molar-refractivity contribution in [3.05, 3.63) is 41.9 Å². The quantitative estimate of drug-likeness (QED) is 0.871. The van der Waals surface area contributed by atoms with Crippen molar-refractivity contribution in [1.29, 1.82) is 0 Å². The summed E-state index contributed by atoms with van der Waals surface area (Å²) in [5, 5.41) is 8.25. The van der Waals surface area contributed by atoms with E-state index in [2.05, 4.69) is 15.2 Å². The smallest absolute Gasteiger partial charge is 0.240 e. The second kappa shape index (κ2) is 6.73. The third kappa shape index (κ3) is 3.47. The highest BCUT2D eigenvalue weighted by Crippen LogP contribution is 2.31. The van der Waals surface area contributed by atoms with E-state index in [0.29, 0.717) is 11.8 Å². The lowest BCUT2D eigenvalue weighted by atomic mass is 9.90. The van der Waals surface area contributed by atoms with Crippen molar-refractivity contribution in [1.82, 2.24) is 20.1 Å². The maximum atomic E-state index is 11.7. The van der Waals surface area contributed by atoms with Crippen LogP contribution in [-0.2, 0) is 4.79 Å². The molecule has 1 fully saturated rings. The van der Waals surface area contributed by atoms with Crippen LogP contribution in [0.5, 0.6) is 0 Å². The normalized spacial score (nSPS) is 21.7. The molecule has 23 heavy (non-hydrogen) atoms. The van der Waals surface area contributed by atoms with Crippen molar-refractivity contribution >= 4 is 18.1 Å². The fourth-order valence-corrected chi connectivity index (χ4v) is 3.01. The van der Waals surface area contributed by atoms with Gasteiger partial charge in [-0.2, -0.15) is 0 Å². The third-order valence-electron chi connectivity index (χ3n) is 4.25. The van der Waals surface area contributed by atoms with Crippen LogP contribution in [0.1, 0.15) is 50.1 Å². The number of hydrogen-bond acceptors (Lipinski definition) is 5. The molecule has 6 nitrogen and oxygen atoms in total. The molecule has 0 aliphatic carbocycles. The van der Waals surface area contributed by atoms with Gasteiger partial charge in [0.15, 0.2) is 0 Å². The van der Waals surface area contributed by atoms with E-state index in [-0.39, 0.29) is 17.9 Å². The molecule has 0 N–H and O–H groups in total. The number of likely N-dealkylation sites (tertiary alicyclic amines) is 1. The SMILES string of the molecule is CC(=O)N1CCC[C@H](c2nnc(/C=C/c3ccccn3)o2)[C@@H]1C. The molecule has 120 valence electrons.